The Bertz CT molecular complexity index is 276. The van der Waals surface area contributed by atoms with Crippen LogP contribution in [0.25, 0.3) is 0 Å². The molecule has 14 heavy (non-hydrogen) atoms. The minimum Gasteiger partial charge on any atom is -0.492 e. The van der Waals surface area contributed by atoms with Crippen LogP contribution >= 0.6 is 12.4 Å². The average molecular weight is 216 g/mol. The van der Waals surface area contributed by atoms with Gasteiger partial charge in [-0.25, -0.2) is 0 Å². The van der Waals surface area contributed by atoms with Crippen molar-refractivity contribution in [1.29, 1.82) is 0 Å². The van der Waals surface area contributed by atoms with E-state index in [1.807, 2.05) is 19.2 Å². The van der Waals surface area contributed by atoms with E-state index in [-0.39, 0.29) is 12.4 Å². The van der Waals surface area contributed by atoms with Crippen molar-refractivity contribution in [3.8, 4) is 5.75 Å². The normalized spacial score (nSPS) is 9.36. The first kappa shape index (κ1) is 13.3. The second-order valence-electron chi connectivity index (χ2n) is 3.15. The Morgan fingerprint density at radius 3 is 2.64 bits per heavy atom. The number of rotatable bonds is 4. The van der Waals surface area contributed by atoms with E-state index < -0.39 is 0 Å². The highest BCUT2D eigenvalue weighted by molar-refractivity contribution is 5.85. The Hall–Kier alpha value is -0.730. The van der Waals surface area contributed by atoms with Crippen LogP contribution < -0.4 is 10.1 Å². The van der Waals surface area contributed by atoms with Crippen molar-refractivity contribution in [3.05, 3.63) is 29.3 Å². The van der Waals surface area contributed by atoms with Crippen LogP contribution in [-0.4, -0.2) is 20.2 Å². The molecule has 0 aliphatic rings. The van der Waals surface area contributed by atoms with Gasteiger partial charge in [-0.2, -0.15) is 0 Å². The molecule has 3 heteroatoms. The van der Waals surface area contributed by atoms with Crippen LogP contribution in [0.2, 0.25) is 0 Å². The first-order valence-corrected chi connectivity index (χ1v) is 4.59. The number of aryl methyl sites for hydroxylation is 1. The van der Waals surface area contributed by atoms with Gasteiger partial charge in [0.2, 0.25) is 0 Å². The maximum atomic E-state index is 5.60. The average Bonchev–Trinajstić information content (AvgIpc) is 2.13. The van der Waals surface area contributed by atoms with Gasteiger partial charge in [-0.1, -0.05) is 12.1 Å². The molecule has 0 amide bonds. The first-order valence-electron chi connectivity index (χ1n) is 4.59. The second-order valence-corrected chi connectivity index (χ2v) is 3.15. The lowest BCUT2D eigenvalue weighted by atomic mass is 10.1. The number of halogens is 1. The Morgan fingerprint density at radius 2 is 2.00 bits per heavy atom. The summed E-state index contributed by atoms with van der Waals surface area (Å²) in [5, 5.41) is 3.05. The minimum atomic E-state index is 0. The molecule has 0 saturated heterocycles. The quantitative estimate of drug-likeness (QED) is 0.779. The summed E-state index contributed by atoms with van der Waals surface area (Å²) < 4.78 is 5.60. The fourth-order valence-corrected chi connectivity index (χ4v) is 1.14. The smallest absolute Gasteiger partial charge is 0.122 e. The summed E-state index contributed by atoms with van der Waals surface area (Å²) in [5.41, 5.74) is 2.51. The van der Waals surface area contributed by atoms with E-state index in [9.17, 15) is 0 Å². The van der Waals surface area contributed by atoms with Gasteiger partial charge in [0.25, 0.3) is 0 Å². The van der Waals surface area contributed by atoms with E-state index in [2.05, 4.69) is 25.2 Å². The van der Waals surface area contributed by atoms with Gasteiger partial charge >= 0.3 is 0 Å². The van der Waals surface area contributed by atoms with Crippen LogP contribution in [-0.2, 0) is 0 Å². The summed E-state index contributed by atoms with van der Waals surface area (Å²) in [5.74, 6) is 0.996. The highest BCUT2D eigenvalue weighted by Gasteiger charge is 1.99. The van der Waals surface area contributed by atoms with Crippen molar-refractivity contribution in [2.75, 3.05) is 20.2 Å². The zero-order chi connectivity index (χ0) is 9.68. The van der Waals surface area contributed by atoms with Gasteiger partial charge < -0.3 is 10.1 Å². The van der Waals surface area contributed by atoms with E-state index >= 15 is 0 Å². The molecule has 0 bridgehead atoms. The molecule has 0 spiro atoms. The van der Waals surface area contributed by atoms with Crippen molar-refractivity contribution in [1.82, 2.24) is 5.32 Å². The molecule has 0 fully saturated rings. The Labute approximate surface area is 92.1 Å². The van der Waals surface area contributed by atoms with Gasteiger partial charge in [0.15, 0.2) is 0 Å². The molecule has 0 saturated carbocycles. The van der Waals surface area contributed by atoms with Crippen LogP contribution in [0.4, 0.5) is 0 Å². The van der Waals surface area contributed by atoms with Gasteiger partial charge in [0.05, 0.1) is 0 Å². The fraction of sp³-hybridized carbons (Fsp3) is 0.455. The molecule has 1 rings (SSSR count). The minimum absolute atomic E-state index is 0. The number of hydrogen-bond donors (Lipinski definition) is 1. The molecule has 1 aromatic carbocycles. The number of benzene rings is 1. The highest BCUT2D eigenvalue weighted by atomic mass is 35.5. The maximum absolute atomic E-state index is 5.60. The van der Waals surface area contributed by atoms with Gasteiger partial charge in [-0.15, -0.1) is 12.4 Å². The molecule has 1 aromatic rings. The monoisotopic (exact) mass is 215 g/mol. The molecular formula is C11H18ClNO. The van der Waals surface area contributed by atoms with Crippen LogP contribution in [0, 0.1) is 13.8 Å². The third kappa shape index (κ3) is 3.56. The van der Waals surface area contributed by atoms with E-state index in [1.54, 1.807) is 0 Å². The van der Waals surface area contributed by atoms with Crippen molar-refractivity contribution >= 4 is 12.4 Å². The van der Waals surface area contributed by atoms with Crippen LogP contribution in [0.5, 0.6) is 5.75 Å². The van der Waals surface area contributed by atoms with Crippen LogP contribution in [0.3, 0.4) is 0 Å². The van der Waals surface area contributed by atoms with Crippen molar-refractivity contribution in [2.45, 2.75) is 13.8 Å². The van der Waals surface area contributed by atoms with Crippen LogP contribution in [0.15, 0.2) is 18.2 Å². The molecule has 0 aliphatic carbocycles. The standard InChI is InChI=1S/C11H17NO.ClH/c1-9-5-4-6-11(10(9)2)13-8-7-12-3;/h4-6,12H,7-8H2,1-3H3;1H. The Balaban J connectivity index is 0.00000169. The molecule has 80 valence electrons. The van der Waals surface area contributed by atoms with E-state index in [0.717, 1.165) is 18.9 Å². The third-order valence-corrected chi connectivity index (χ3v) is 2.16. The molecular weight excluding hydrogens is 198 g/mol. The Morgan fingerprint density at radius 1 is 1.29 bits per heavy atom. The number of nitrogens with one attached hydrogen (secondary N) is 1. The summed E-state index contributed by atoms with van der Waals surface area (Å²) in [4.78, 5) is 0. The second kappa shape index (κ2) is 6.68. The third-order valence-electron chi connectivity index (χ3n) is 2.16. The summed E-state index contributed by atoms with van der Waals surface area (Å²) in [7, 11) is 1.92. The summed E-state index contributed by atoms with van der Waals surface area (Å²) in [6.45, 7) is 5.79. The molecule has 1 N–H and O–H groups in total. The molecule has 2 nitrogen and oxygen atoms in total. The van der Waals surface area contributed by atoms with Gasteiger partial charge in [-0.3, -0.25) is 0 Å². The summed E-state index contributed by atoms with van der Waals surface area (Å²) in [6.07, 6.45) is 0. The molecule has 0 aliphatic heterocycles. The molecule has 0 aromatic heterocycles. The fourth-order valence-electron chi connectivity index (χ4n) is 1.14. The van der Waals surface area contributed by atoms with E-state index in [1.165, 1.54) is 11.1 Å². The summed E-state index contributed by atoms with van der Waals surface area (Å²) >= 11 is 0. The SMILES string of the molecule is CNCCOc1cccc(C)c1C.Cl. The van der Waals surface area contributed by atoms with Crippen molar-refractivity contribution in [2.24, 2.45) is 0 Å². The lowest BCUT2D eigenvalue weighted by Crippen LogP contribution is -2.16. The van der Waals surface area contributed by atoms with Gasteiger partial charge in [0, 0.05) is 6.54 Å². The number of ether oxygens (including phenoxy) is 1. The zero-order valence-electron chi connectivity index (χ0n) is 8.96. The van der Waals surface area contributed by atoms with E-state index in [0.29, 0.717) is 0 Å². The molecule has 0 atom stereocenters. The lowest BCUT2D eigenvalue weighted by Gasteiger charge is -2.10. The topological polar surface area (TPSA) is 21.3 Å². The number of likely N-dealkylation sites (N-methyl/N-ethyl adjacent to an activating group) is 1. The predicted molar refractivity (Wildman–Crippen MR) is 62.6 cm³/mol. The van der Waals surface area contributed by atoms with Gasteiger partial charge in [0.1, 0.15) is 12.4 Å². The molecule has 0 heterocycles. The highest BCUT2D eigenvalue weighted by Crippen LogP contribution is 2.19. The summed E-state index contributed by atoms with van der Waals surface area (Å²) in [6, 6.07) is 6.13. The largest absolute Gasteiger partial charge is 0.492 e. The zero-order valence-corrected chi connectivity index (χ0v) is 9.78. The maximum Gasteiger partial charge on any atom is 0.122 e. The van der Waals surface area contributed by atoms with E-state index in [4.69, 9.17) is 4.74 Å². The molecule has 0 unspecified atom stereocenters. The van der Waals surface area contributed by atoms with Crippen molar-refractivity contribution in [3.63, 3.8) is 0 Å². The molecule has 0 radical (unpaired) electrons. The lowest BCUT2D eigenvalue weighted by molar-refractivity contribution is 0.316. The van der Waals surface area contributed by atoms with Crippen molar-refractivity contribution < 1.29 is 4.74 Å². The first-order chi connectivity index (χ1) is 6.25. The predicted octanol–water partition coefficient (Wildman–Crippen LogP) is 2.32. The number of hydrogen-bond acceptors (Lipinski definition) is 2. The van der Waals surface area contributed by atoms with Crippen LogP contribution in [0.1, 0.15) is 11.1 Å². The Kier molecular flexibility index (Phi) is 6.34. The van der Waals surface area contributed by atoms with Gasteiger partial charge in [-0.05, 0) is 38.1 Å².